The van der Waals surface area contributed by atoms with Crippen LogP contribution in [0.5, 0.6) is 0 Å². The smallest absolute Gasteiger partial charge is 0.274 e. The van der Waals surface area contributed by atoms with Gasteiger partial charge in [-0.15, -0.1) is 0 Å². The maximum Gasteiger partial charge on any atom is 0.274 e. The third kappa shape index (κ3) is 3.24. The van der Waals surface area contributed by atoms with Crippen LogP contribution in [0.2, 0.25) is 5.02 Å². The van der Waals surface area contributed by atoms with Crippen molar-refractivity contribution in [2.45, 2.75) is 6.54 Å². The predicted octanol–water partition coefficient (Wildman–Crippen LogP) is 4.62. The molecule has 0 aromatic heterocycles. The molecule has 1 N–H and O–H groups in total. The Kier molecular flexibility index (Phi) is 4.39. The van der Waals surface area contributed by atoms with E-state index in [2.05, 4.69) is 21.2 Å². The summed E-state index contributed by atoms with van der Waals surface area (Å²) in [7, 11) is 0. The van der Waals surface area contributed by atoms with E-state index in [1.54, 1.807) is 24.3 Å². The monoisotopic (exact) mass is 340 g/mol. The molecule has 0 aliphatic carbocycles. The minimum Gasteiger partial charge on any atom is -0.380 e. The van der Waals surface area contributed by atoms with Gasteiger partial charge in [0.2, 0.25) is 0 Å². The molecule has 0 saturated carbocycles. The number of nitrogens with zero attached hydrogens (tertiary/aromatic N) is 1. The van der Waals surface area contributed by atoms with Crippen molar-refractivity contribution >= 4 is 38.9 Å². The van der Waals surface area contributed by atoms with E-state index in [0.717, 1.165) is 10.2 Å². The zero-order valence-corrected chi connectivity index (χ0v) is 12.1. The first-order valence-electron chi connectivity index (χ1n) is 5.50. The van der Waals surface area contributed by atoms with Crippen LogP contribution in [0.25, 0.3) is 0 Å². The lowest BCUT2D eigenvalue weighted by molar-refractivity contribution is -0.385. The van der Waals surface area contributed by atoms with Gasteiger partial charge in [0.25, 0.3) is 5.69 Å². The van der Waals surface area contributed by atoms with Crippen molar-refractivity contribution in [3.63, 3.8) is 0 Å². The zero-order chi connectivity index (χ0) is 13.8. The van der Waals surface area contributed by atoms with Crippen LogP contribution in [0.4, 0.5) is 11.4 Å². The first-order valence-corrected chi connectivity index (χ1v) is 6.67. The molecule has 19 heavy (non-hydrogen) atoms. The fourth-order valence-corrected chi connectivity index (χ4v) is 2.25. The summed E-state index contributed by atoms with van der Waals surface area (Å²) in [5.41, 5.74) is 1.53. The van der Waals surface area contributed by atoms with Crippen molar-refractivity contribution in [2.75, 3.05) is 5.32 Å². The van der Waals surface area contributed by atoms with Crippen molar-refractivity contribution < 1.29 is 4.92 Å². The first kappa shape index (κ1) is 13.8. The number of anilines is 1. The molecule has 0 atom stereocenters. The van der Waals surface area contributed by atoms with Crippen molar-refractivity contribution in [2.24, 2.45) is 0 Å². The van der Waals surface area contributed by atoms with Crippen LogP contribution in [-0.2, 0) is 6.54 Å². The molecule has 2 rings (SSSR count). The predicted molar refractivity (Wildman–Crippen MR) is 79.6 cm³/mol. The lowest BCUT2D eigenvalue weighted by Gasteiger charge is -2.09. The van der Waals surface area contributed by atoms with Gasteiger partial charge in [-0.3, -0.25) is 10.1 Å². The molecule has 0 bridgehead atoms. The van der Waals surface area contributed by atoms with E-state index < -0.39 is 0 Å². The molecule has 0 aliphatic heterocycles. The Bertz CT molecular complexity index is 619. The highest BCUT2D eigenvalue weighted by Gasteiger charge is 2.12. The Morgan fingerprint density at radius 3 is 2.68 bits per heavy atom. The van der Waals surface area contributed by atoms with Crippen molar-refractivity contribution in [1.82, 2.24) is 0 Å². The molecule has 2 aromatic rings. The van der Waals surface area contributed by atoms with Crippen LogP contribution >= 0.6 is 27.5 Å². The molecular weight excluding hydrogens is 332 g/mol. The van der Waals surface area contributed by atoms with E-state index in [-0.39, 0.29) is 10.6 Å². The summed E-state index contributed by atoms with van der Waals surface area (Å²) in [4.78, 5) is 10.5. The Hall–Kier alpha value is -1.59. The van der Waals surface area contributed by atoms with E-state index in [4.69, 9.17) is 11.6 Å². The topological polar surface area (TPSA) is 55.2 Å². The second kappa shape index (κ2) is 6.04. The Balaban J connectivity index is 2.19. The minimum absolute atomic E-state index is 0.105. The largest absolute Gasteiger partial charge is 0.380 e. The van der Waals surface area contributed by atoms with Crippen LogP contribution in [0, 0.1) is 10.1 Å². The van der Waals surface area contributed by atoms with Gasteiger partial charge in [0.1, 0.15) is 0 Å². The molecule has 0 amide bonds. The second-order valence-corrected chi connectivity index (χ2v) is 5.04. The van der Waals surface area contributed by atoms with Gasteiger partial charge in [0.05, 0.1) is 20.1 Å². The van der Waals surface area contributed by atoms with Crippen LogP contribution in [0.15, 0.2) is 46.9 Å². The maximum atomic E-state index is 10.9. The van der Waals surface area contributed by atoms with Gasteiger partial charge in [0, 0.05) is 18.2 Å². The van der Waals surface area contributed by atoms with Gasteiger partial charge >= 0.3 is 0 Å². The van der Waals surface area contributed by atoms with Gasteiger partial charge in [-0.25, -0.2) is 0 Å². The fourth-order valence-electron chi connectivity index (χ4n) is 1.67. The molecule has 0 fully saturated rings. The quantitative estimate of drug-likeness (QED) is 0.652. The standard InChI is InChI=1S/C13H10BrClN2O2/c14-13-10(15)5-3-6-11(13)16-8-9-4-1-2-7-12(9)17(18)19/h1-7,16H,8H2. The Morgan fingerprint density at radius 1 is 1.21 bits per heavy atom. The molecular formula is C13H10BrClN2O2. The SMILES string of the molecule is O=[N+]([O-])c1ccccc1CNc1cccc(Cl)c1Br. The van der Waals surface area contributed by atoms with Crippen molar-refractivity contribution in [3.8, 4) is 0 Å². The molecule has 0 radical (unpaired) electrons. The number of hydrogen-bond donors (Lipinski definition) is 1. The number of nitrogens with one attached hydrogen (secondary N) is 1. The van der Waals surface area contributed by atoms with Gasteiger partial charge in [-0.2, -0.15) is 0 Å². The van der Waals surface area contributed by atoms with Crippen LogP contribution in [0.1, 0.15) is 5.56 Å². The highest BCUT2D eigenvalue weighted by molar-refractivity contribution is 9.10. The van der Waals surface area contributed by atoms with Crippen molar-refractivity contribution in [1.29, 1.82) is 0 Å². The summed E-state index contributed by atoms with van der Waals surface area (Å²) in [5, 5.41) is 14.6. The van der Waals surface area contributed by atoms with Crippen LogP contribution in [-0.4, -0.2) is 4.92 Å². The normalized spacial score (nSPS) is 10.2. The number of rotatable bonds is 4. The van der Waals surface area contributed by atoms with E-state index in [1.165, 1.54) is 6.07 Å². The number of benzene rings is 2. The van der Waals surface area contributed by atoms with Gasteiger partial charge < -0.3 is 5.32 Å². The Morgan fingerprint density at radius 2 is 1.95 bits per heavy atom. The van der Waals surface area contributed by atoms with Crippen LogP contribution < -0.4 is 5.32 Å². The van der Waals surface area contributed by atoms with E-state index >= 15 is 0 Å². The van der Waals surface area contributed by atoms with E-state index in [9.17, 15) is 10.1 Å². The molecule has 0 unspecified atom stereocenters. The van der Waals surface area contributed by atoms with E-state index in [0.29, 0.717) is 17.1 Å². The molecule has 0 heterocycles. The summed E-state index contributed by atoms with van der Waals surface area (Å²) in [6, 6.07) is 12.1. The number of nitro groups is 1. The molecule has 4 nitrogen and oxygen atoms in total. The average molecular weight is 342 g/mol. The third-order valence-corrected chi connectivity index (χ3v) is 4.01. The fraction of sp³-hybridized carbons (Fsp3) is 0.0769. The summed E-state index contributed by atoms with van der Waals surface area (Å²) in [6.07, 6.45) is 0. The minimum atomic E-state index is -0.385. The molecule has 6 heteroatoms. The van der Waals surface area contributed by atoms with Gasteiger partial charge in [-0.1, -0.05) is 35.9 Å². The van der Waals surface area contributed by atoms with Gasteiger partial charge in [-0.05, 0) is 28.1 Å². The summed E-state index contributed by atoms with van der Waals surface area (Å²) < 4.78 is 0.746. The highest BCUT2D eigenvalue weighted by atomic mass is 79.9. The maximum absolute atomic E-state index is 10.9. The van der Waals surface area contributed by atoms with E-state index in [1.807, 2.05) is 12.1 Å². The average Bonchev–Trinajstić information content (AvgIpc) is 2.40. The second-order valence-electron chi connectivity index (χ2n) is 3.84. The first-order chi connectivity index (χ1) is 9.09. The summed E-state index contributed by atoms with van der Waals surface area (Å²) >= 11 is 9.36. The lowest BCUT2D eigenvalue weighted by Crippen LogP contribution is -2.03. The van der Waals surface area contributed by atoms with Gasteiger partial charge in [0.15, 0.2) is 0 Å². The molecule has 0 aliphatic rings. The summed E-state index contributed by atoms with van der Waals surface area (Å²) in [5.74, 6) is 0. The number of halogens is 2. The highest BCUT2D eigenvalue weighted by Crippen LogP contribution is 2.30. The zero-order valence-electron chi connectivity index (χ0n) is 9.77. The van der Waals surface area contributed by atoms with Crippen LogP contribution in [0.3, 0.4) is 0 Å². The lowest BCUT2D eigenvalue weighted by atomic mass is 10.2. The number of hydrogen-bond acceptors (Lipinski definition) is 3. The van der Waals surface area contributed by atoms with Crippen molar-refractivity contribution in [3.05, 3.63) is 67.6 Å². The third-order valence-electron chi connectivity index (χ3n) is 2.61. The molecule has 2 aromatic carbocycles. The number of nitro benzene ring substituents is 1. The summed E-state index contributed by atoms with van der Waals surface area (Å²) in [6.45, 7) is 0.357. The Labute approximate surface area is 123 Å². The molecule has 0 saturated heterocycles. The molecule has 98 valence electrons. The number of para-hydroxylation sites is 1. The molecule has 0 spiro atoms.